The monoisotopic (exact) mass is 486 g/mol. The van der Waals surface area contributed by atoms with Gasteiger partial charge in [-0.2, -0.15) is 4.98 Å². The van der Waals surface area contributed by atoms with Crippen LogP contribution in [0.1, 0.15) is 23.1 Å². The lowest BCUT2D eigenvalue weighted by Gasteiger charge is -2.21. The maximum Gasteiger partial charge on any atom is 0.232 e. The second-order valence-electron chi connectivity index (χ2n) is 9.15. The fraction of sp³-hybridized carbons (Fsp3) is 0.308. The fourth-order valence-corrected chi connectivity index (χ4v) is 4.42. The van der Waals surface area contributed by atoms with E-state index in [1.165, 1.54) is 0 Å². The fourth-order valence-electron chi connectivity index (χ4n) is 4.42. The minimum Gasteiger partial charge on any atom is -0.508 e. The number of phenolic OH excluding ortho intramolecular Hbond substituents is 1. The first kappa shape index (κ1) is 23.6. The molecule has 1 atom stereocenters. The van der Waals surface area contributed by atoms with E-state index in [2.05, 4.69) is 30.5 Å². The van der Waals surface area contributed by atoms with Gasteiger partial charge >= 0.3 is 0 Å². The van der Waals surface area contributed by atoms with Gasteiger partial charge in [0.1, 0.15) is 23.1 Å². The average Bonchev–Trinajstić information content (AvgIpc) is 3.36. The van der Waals surface area contributed by atoms with Crippen molar-refractivity contribution in [1.82, 2.24) is 25.3 Å². The number of anilines is 4. The number of rotatable bonds is 6. The van der Waals surface area contributed by atoms with Gasteiger partial charge in [-0.3, -0.25) is 0 Å². The van der Waals surface area contributed by atoms with Crippen LogP contribution in [0.5, 0.6) is 17.4 Å². The van der Waals surface area contributed by atoms with Crippen molar-refractivity contribution < 1.29 is 9.84 Å². The summed E-state index contributed by atoms with van der Waals surface area (Å²) in [4.78, 5) is 20.3. The lowest BCUT2D eigenvalue weighted by Crippen LogP contribution is -2.29. The summed E-state index contributed by atoms with van der Waals surface area (Å²) in [5.41, 5.74) is 9.53. The number of ether oxygens (including phenoxy) is 1. The number of nitrogen functional groups attached to an aromatic ring is 1. The first-order valence-electron chi connectivity index (χ1n) is 11.9. The van der Waals surface area contributed by atoms with Gasteiger partial charge in [0, 0.05) is 42.5 Å². The summed E-state index contributed by atoms with van der Waals surface area (Å²) in [6.07, 6.45) is 6.18. The maximum absolute atomic E-state index is 10.3. The molecule has 0 aliphatic carbocycles. The van der Waals surface area contributed by atoms with Crippen LogP contribution in [0.3, 0.4) is 0 Å². The van der Waals surface area contributed by atoms with Gasteiger partial charge in [-0.1, -0.05) is 6.07 Å². The van der Waals surface area contributed by atoms with Gasteiger partial charge < -0.3 is 31.1 Å². The molecule has 36 heavy (non-hydrogen) atoms. The summed E-state index contributed by atoms with van der Waals surface area (Å²) < 4.78 is 6.40. The number of phenols is 1. The molecule has 0 radical (unpaired) electrons. The molecule has 10 heteroatoms. The number of aromatic nitrogens is 4. The smallest absolute Gasteiger partial charge is 0.232 e. The Hall–Kier alpha value is -4.18. The number of nitrogens with zero attached hydrogens (tertiary/aromatic N) is 5. The second-order valence-corrected chi connectivity index (χ2v) is 9.15. The predicted octanol–water partition coefficient (Wildman–Crippen LogP) is 3.97. The van der Waals surface area contributed by atoms with Gasteiger partial charge in [-0.15, -0.1) is 0 Å². The number of benzene rings is 1. The SMILES string of the molecule is CN[C@@H]1CCN(c2cc3c(Nc4ncc(C)cn4)cnc(N)c3c(Oc3c(C)ccc(O)c3C)n2)C1. The Bertz CT molecular complexity index is 1420. The molecular formula is C26H30N8O2. The zero-order valence-electron chi connectivity index (χ0n) is 20.8. The first-order chi connectivity index (χ1) is 17.3. The molecule has 0 bridgehead atoms. The summed E-state index contributed by atoms with van der Waals surface area (Å²) in [6.45, 7) is 7.35. The van der Waals surface area contributed by atoms with Crippen LogP contribution in [0.25, 0.3) is 10.8 Å². The number of hydrogen-bond donors (Lipinski definition) is 4. The minimum atomic E-state index is 0.150. The third kappa shape index (κ3) is 4.42. The highest BCUT2D eigenvalue weighted by Gasteiger charge is 2.25. The number of nitrogens with one attached hydrogen (secondary N) is 2. The molecule has 5 N–H and O–H groups in total. The summed E-state index contributed by atoms with van der Waals surface area (Å²) in [5.74, 6) is 2.52. The lowest BCUT2D eigenvalue weighted by atomic mass is 10.1. The van der Waals surface area contributed by atoms with Gasteiger partial charge in [0.25, 0.3) is 0 Å². The van der Waals surface area contributed by atoms with E-state index >= 15 is 0 Å². The quantitative estimate of drug-likeness (QED) is 0.317. The van der Waals surface area contributed by atoms with Gasteiger partial charge in [0.15, 0.2) is 0 Å². The zero-order valence-corrected chi connectivity index (χ0v) is 20.8. The van der Waals surface area contributed by atoms with Crippen LogP contribution < -0.4 is 26.0 Å². The van der Waals surface area contributed by atoms with Gasteiger partial charge in [0.05, 0.1) is 17.3 Å². The number of fused-ring (bicyclic) bond motifs is 1. The highest BCUT2D eigenvalue weighted by atomic mass is 16.5. The van der Waals surface area contributed by atoms with E-state index in [4.69, 9.17) is 15.5 Å². The summed E-state index contributed by atoms with van der Waals surface area (Å²) in [6, 6.07) is 5.84. The van der Waals surface area contributed by atoms with E-state index in [1.54, 1.807) is 24.7 Å². The molecule has 1 fully saturated rings. The maximum atomic E-state index is 10.3. The van der Waals surface area contributed by atoms with Gasteiger partial charge in [0.2, 0.25) is 11.8 Å². The molecule has 5 rings (SSSR count). The van der Waals surface area contributed by atoms with Crippen molar-refractivity contribution in [2.45, 2.75) is 33.2 Å². The summed E-state index contributed by atoms with van der Waals surface area (Å²) >= 11 is 0. The summed E-state index contributed by atoms with van der Waals surface area (Å²) in [7, 11) is 1.97. The van der Waals surface area contributed by atoms with E-state index in [-0.39, 0.29) is 5.75 Å². The highest BCUT2D eigenvalue weighted by Crippen LogP contribution is 2.41. The molecule has 1 saturated heterocycles. The highest BCUT2D eigenvalue weighted by molar-refractivity contribution is 6.04. The Labute approximate surface area is 209 Å². The van der Waals surface area contributed by atoms with Crippen LogP contribution in [0, 0.1) is 20.8 Å². The van der Waals surface area contributed by atoms with Crippen molar-refractivity contribution in [2.24, 2.45) is 0 Å². The summed E-state index contributed by atoms with van der Waals surface area (Å²) in [5, 5.41) is 18.3. The van der Waals surface area contributed by atoms with E-state index in [1.807, 2.05) is 40.0 Å². The molecule has 4 heterocycles. The second kappa shape index (κ2) is 9.46. The molecule has 0 unspecified atom stereocenters. The average molecular weight is 487 g/mol. The third-order valence-corrected chi connectivity index (χ3v) is 6.57. The molecule has 1 aliphatic heterocycles. The van der Waals surface area contributed by atoms with Crippen LogP contribution >= 0.6 is 0 Å². The van der Waals surface area contributed by atoms with Crippen molar-refractivity contribution in [2.75, 3.05) is 36.1 Å². The Morgan fingerprint density at radius 3 is 2.61 bits per heavy atom. The number of hydrogen-bond acceptors (Lipinski definition) is 10. The molecule has 0 amide bonds. The lowest BCUT2D eigenvalue weighted by molar-refractivity contribution is 0.440. The Kier molecular flexibility index (Phi) is 6.19. The minimum absolute atomic E-state index is 0.150. The van der Waals surface area contributed by atoms with Crippen LogP contribution in [-0.2, 0) is 0 Å². The third-order valence-electron chi connectivity index (χ3n) is 6.57. The number of likely N-dealkylation sites (N-methyl/N-ethyl adjacent to an activating group) is 1. The van der Waals surface area contributed by atoms with Crippen LogP contribution in [0.2, 0.25) is 0 Å². The molecule has 0 spiro atoms. The Balaban J connectivity index is 1.68. The largest absolute Gasteiger partial charge is 0.508 e. The van der Waals surface area contributed by atoms with E-state index in [0.29, 0.717) is 46.1 Å². The first-order valence-corrected chi connectivity index (χ1v) is 11.9. The normalized spacial score (nSPS) is 15.4. The molecule has 1 aromatic carbocycles. The number of aryl methyl sites for hydroxylation is 2. The molecule has 1 aliphatic rings. The number of aromatic hydroxyl groups is 1. The van der Waals surface area contributed by atoms with E-state index < -0.39 is 0 Å². The molecule has 0 saturated carbocycles. The molecule has 186 valence electrons. The Morgan fingerprint density at radius 2 is 1.89 bits per heavy atom. The van der Waals surface area contributed by atoms with E-state index in [0.717, 1.165) is 41.8 Å². The van der Waals surface area contributed by atoms with Crippen LogP contribution in [0.4, 0.5) is 23.3 Å². The van der Waals surface area contributed by atoms with Crippen molar-refractivity contribution in [3.63, 3.8) is 0 Å². The van der Waals surface area contributed by atoms with Crippen molar-refractivity contribution >= 4 is 34.0 Å². The van der Waals surface area contributed by atoms with Crippen molar-refractivity contribution in [3.8, 4) is 17.4 Å². The zero-order chi connectivity index (χ0) is 25.4. The van der Waals surface area contributed by atoms with Gasteiger partial charge in [-0.05, 0) is 57.5 Å². The Morgan fingerprint density at radius 1 is 1.11 bits per heavy atom. The van der Waals surface area contributed by atoms with E-state index in [9.17, 15) is 5.11 Å². The standard InChI is InChI=1S/C26H30N8O2/c1-14-10-30-26(31-11-14)32-19-12-29-24(27)22-18(19)9-21(34-8-7-17(13-34)28-4)33-25(22)36-23-15(2)5-6-20(35)16(23)3/h5-6,9-12,17,28,35H,7-8,13H2,1-4H3,(H2,27,29)(H,30,31,32)/t17-/m1/s1. The number of pyridine rings is 2. The van der Waals surface area contributed by atoms with Gasteiger partial charge in [-0.25, -0.2) is 15.0 Å². The number of nitrogens with two attached hydrogens (primary N) is 1. The topological polar surface area (TPSA) is 134 Å². The van der Waals surface area contributed by atoms with Crippen molar-refractivity contribution in [1.29, 1.82) is 0 Å². The van der Waals surface area contributed by atoms with Crippen LogP contribution in [0.15, 0.2) is 36.8 Å². The van der Waals surface area contributed by atoms with Crippen LogP contribution in [-0.4, -0.2) is 51.2 Å². The van der Waals surface area contributed by atoms with Crippen molar-refractivity contribution in [3.05, 3.63) is 53.5 Å². The molecular weight excluding hydrogens is 456 g/mol. The molecule has 3 aromatic heterocycles. The molecule has 4 aromatic rings. The molecule has 10 nitrogen and oxygen atoms in total. The predicted molar refractivity (Wildman–Crippen MR) is 141 cm³/mol.